The molecule has 1 unspecified atom stereocenters. The summed E-state index contributed by atoms with van der Waals surface area (Å²) in [6, 6.07) is 5.55. The highest BCUT2D eigenvalue weighted by atomic mass is 32.2. The molecule has 1 atom stereocenters. The summed E-state index contributed by atoms with van der Waals surface area (Å²) in [7, 11) is -3.63. The zero-order chi connectivity index (χ0) is 17.0. The maximum atomic E-state index is 13.2. The van der Waals surface area contributed by atoms with E-state index in [0.29, 0.717) is 17.8 Å². The van der Waals surface area contributed by atoms with Gasteiger partial charge in [-0.1, -0.05) is 12.1 Å². The van der Waals surface area contributed by atoms with Gasteiger partial charge in [0.05, 0.1) is 30.3 Å². The molecule has 1 N–H and O–H groups in total. The molecule has 1 fully saturated rings. The maximum Gasteiger partial charge on any atom is 0.237 e. The van der Waals surface area contributed by atoms with Gasteiger partial charge in [0, 0.05) is 12.8 Å². The molecule has 1 aliphatic heterocycles. The molecule has 3 rings (SSSR count). The van der Waals surface area contributed by atoms with Crippen molar-refractivity contribution in [3.63, 3.8) is 0 Å². The number of anilines is 1. The van der Waals surface area contributed by atoms with E-state index in [4.69, 9.17) is 4.74 Å². The Labute approximate surface area is 140 Å². The number of sulfonamides is 1. The van der Waals surface area contributed by atoms with Gasteiger partial charge in [-0.05, 0) is 37.0 Å². The van der Waals surface area contributed by atoms with Crippen molar-refractivity contribution < 1.29 is 17.5 Å². The van der Waals surface area contributed by atoms with E-state index in [1.165, 1.54) is 24.4 Å². The standard InChI is InChI=1S/C16H20FN3O3S/c17-14-5-3-4-13(8-14)12-24(21,22)19-15-9-18-20(10-15)11-16-6-1-2-7-23-16/h3-5,8-10,16,19H,1-2,6-7,11-12H2. The van der Waals surface area contributed by atoms with Gasteiger partial charge in [-0.3, -0.25) is 9.40 Å². The van der Waals surface area contributed by atoms with Crippen molar-refractivity contribution in [3.05, 3.63) is 48.0 Å². The van der Waals surface area contributed by atoms with Gasteiger partial charge < -0.3 is 4.74 Å². The Morgan fingerprint density at radius 3 is 3.00 bits per heavy atom. The number of nitrogens with one attached hydrogen (secondary N) is 1. The Morgan fingerprint density at radius 1 is 1.38 bits per heavy atom. The number of hydrogen-bond acceptors (Lipinski definition) is 4. The quantitative estimate of drug-likeness (QED) is 0.866. The van der Waals surface area contributed by atoms with Crippen LogP contribution < -0.4 is 4.72 Å². The smallest absolute Gasteiger partial charge is 0.237 e. The van der Waals surface area contributed by atoms with Crippen molar-refractivity contribution in [2.75, 3.05) is 11.3 Å². The van der Waals surface area contributed by atoms with Gasteiger partial charge in [-0.2, -0.15) is 5.10 Å². The van der Waals surface area contributed by atoms with Gasteiger partial charge in [0.2, 0.25) is 10.0 Å². The summed E-state index contributed by atoms with van der Waals surface area (Å²) >= 11 is 0. The van der Waals surface area contributed by atoms with E-state index in [0.717, 1.165) is 25.9 Å². The molecule has 0 saturated carbocycles. The Morgan fingerprint density at radius 2 is 2.25 bits per heavy atom. The van der Waals surface area contributed by atoms with Crippen molar-refractivity contribution >= 4 is 15.7 Å². The first-order valence-corrected chi connectivity index (χ1v) is 9.54. The first-order valence-electron chi connectivity index (χ1n) is 7.89. The van der Waals surface area contributed by atoms with E-state index < -0.39 is 15.8 Å². The van der Waals surface area contributed by atoms with Gasteiger partial charge in [0.1, 0.15) is 5.82 Å². The van der Waals surface area contributed by atoms with Crippen LogP contribution in [0.15, 0.2) is 36.7 Å². The van der Waals surface area contributed by atoms with E-state index in [2.05, 4.69) is 9.82 Å². The van der Waals surface area contributed by atoms with Crippen LogP contribution in [0.1, 0.15) is 24.8 Å². The molecule has 24 heavy (non-hydrogen) atoms. The molecule has 130 valence electrons. The lowest BCUT2D eigenvalue weighted by Gasteiger charge is -2.22. The van der Waals surface area contributed by atoms with Crippen LogP contribution in [-0.2, 0) is 27.1 Å². The molecule has 6 nitrogen and oxygen atoms in total. The van der Waals surface area contributed by atoms with Crippen LogP contribution in [0, 0.1) is 5.82 Å². The number of nitrogens with zero attached hydrogens (tertiary/aromatic N) is 2. The van der Waals surface area contributed by atoms with Crippen molar-refractivity contribution in [3.8, 4) is 0 Å². The van der Waals surface area contributed by atoms with Crippen LogP contribution in [0.5, 0.6) is 0 Å². The molecule has 0 bridgehead atoms. The van der Waals surface area contributed by atoms with E-state index in [1.54, 1.807) is 16.9 Å². The molecule has 1 aliphatic rings. The highest BCUT2D eigenvalue weighted by molar-refractivity contribution is 7.91. The molecular formula is C16H20FN3O3S. The van der Waals surface area contributed by atoms with Crippen LogP contribution in [0.25, 0.3) is 0 Å². The summed E-state index contributed by atoms with van der Waals surface area (Å²) in [6.07, 6.45) is 6.43. The van der Waals surface area contributed by atoms with E-state index >= 15 is 0 Å². The number of hydrogen-bond donors (Lipinski definition) is 1. The molecule has 0 aliphatic carbocycles. The Kier molecular flexibility index (Phi) is 5.15. The number of rotatable bonds is 6. The van der Waals surface area contributed by atoms with Crippen molar-refractivity contribution in [2.45, 2.75) is 37.7 Å². The average molecular weight is 353 g/mol. The third kappa shape index (κ3) is 4.78. The second kappa shape index (κ2) is 7.31. The van der Waals surface area contributed by atoms with Crippen molar-refractivity contribution in [1.29, 1.82) is 0 Å². The zero-order valence-electron chi connectivity index (χ0n) is 13.2. The van der Waals surface area contributed by atoms with Crippen LogP contribution >= 0.6 is 0 Å². The second-order valence-electron chi connectivity index (χ2n) is 5.93. The molecule has 0 amide bonds. The van der Waals surface area contributed by atoms with Gasteiger partial charge >= 0.3 is 0 Å². The number of aromatic nitrogens is 2. The topological polar surface area (TPSA) is 73.2 Å². The molecular weight excluding hydrogens is 333 g/mol. The molecule has 1 saturated heterocycles. The predicted molar refractivity (Wildman–Crippen MR) is 88.5 cm³/mol. The lowest BCUT2D eigenvalue weighted by molar-refractivity contribution is 0.00401. The van der Waals surface area contributed by atoms with Crippen molar-refractivity contribution in [1.82, 2.24) is 9.78 Å². The van der Waals surface area contributed by atoms with Crippen LogP contribution in [0.4, 0.5) is 10.1 Å². The first-order chi connectivity index (χ1) is 11.5. The third-order valence-corrected chi connectivity index (χ3v) is 5.08. The van der Waals surface area contributed by atoms with Gasteiger partial charge in [0.25, 0.3) is 0 Å². The van der Waals surface area contributed by atoms with Crippen LogP contribution in [0.2, 0.25) is 0 Å². The van der Waals surface area contributed by atoms with E-state index in [1.807, 2.05) is 0 Å². The molecule has 1 aromatic heterocycles. The highest BCUT2D eigenvalue weighted by Gasteiger charge is 2.16. The number of ether oxygens (including phenoxy) is 1. The minimum absolute atomic E-state index is 0.121. The fourth-order valence-corrected chi connectivity index (χ4v) is 3.89. The summed E-state index contributed by atoms with van der Waals surface area (Å²) in [5.41, 5.74) is 0.785. The lowest BCUT2D eigenvalue weighted by atomic mass is 10.1. The molecule has 2 heterocycles. The first kappa shape index (κ1) is 16.9. The second-order valence-corrected chi connectivity index (χ2v) is 7.65. The fourth-order valence-electron chi connectivity index (χ4n) is 2.74. The van der Waals surface area contributed by atoms with E-state index in [9.17, 15) is 12.8 Å². The Balaban J connectivity index is 1.60. The Hall–Kier alpha value is -1.93. The van der Waals surface area contributed by atoms with E-state index in [-0.39, 0.29) is 11.9 Å². The predicted octanol–water partition coefficient (Wildman–Crippen LogP) is 2.53. The monoisotopic (exact) mass is 353 g/mol. The minimum atomic E-state index is -3.63. The third-order valence-electron chi connectivity index (χ3n) is 3.82. The minimum Gasteiger partial charge on any atom is -0.376 e. The number of benzene rings is 1. The molecule has 2 aromatic rings. The van der Waals surface area contributed by atoms with Crippen molar-refractivity contribution in [2.24, 2.45) is 0 Å². The van der Waals surface area contributed by atoms with Gasteiger partial charge in [-0.25, -0.2) is 12.8 Å². The summed E-state index contributed by atoms with van der Waals surface area (Å²) in [4.78, 5) is 0. The largest absolute Gasteiger partial charge is 0.376 e. The highest BCUT2D eigenvalue weighted by Crippen LogP contribution is 2.16. The Bertz CT molecular complexity index is 785. The number of halogens is 1. The zero-order valence-corrected chi connectivity index (χ0v) is 14.0. The lowest BCUT2D eigenvalue weighted by Crippen LogP contribution is -2.24. The van der Waals surface area contributed by atoms with Crippen LogP contribution in [-0.4, -0.2) is 30.9 Å². The summed E-state index contributed by atoms with van der Waals surface area (Å²) in [5.74, 6) is -0.746. The SMILES string of the molecule is O=S(=O)(Cc1cccc(F)c1)Nc1cnn(CC2CCCCO2)c1. The normalized spacial score (nSPS) is 18.5. The molecule has 0 spiro atoms. The summed E-state index contributed by atoms with van der Waals surface area (Å²) < 4.78 is 47.3. The van der Waals surface area contributed by atoms with Gasteiger partial charge in [0.15, 0.2) is 0 Å². The molecule has 0 radical (unpaired) electrons. The molecule has 1 aromatic carbocycles. The molecule has 8 heteroatoms. The van der Waals surface area contributed by atoms with Gasteiger partial charge in [-0.15, -0.1) is 0 Å². The maximum absolute atomic E-state index is 13.2. The average Bonchev–Trinajstić information content (AvgIpc) is 2.94. The van der Waals surface area contributed by atoms with Crippen LogP contribution in [0.3, 0.4) is 0 Å². The summed E-state index contributed by atoms with van der Waals surface area (Å²) in [6.45, 7) is 1.37. The fraction of sp³-hybridized carbons (Fsp3) is 0.438. The summed E-state index contributed by atoms with van der Waals surface area (Å²) in [5, 5.41) is 4.17.